The second-order valence-electron chi connectivity index (χ2n) is 8.77. The fraction of sp³-hybridized carbons (Fsp3) is 0.0938. The van der Waals surface area contributed by atoms with Crippen LogP contribution in [-0.4, -0.2) is 16.6 Å². The van der Waals surface area contributed by atoms with E-state index < -0.39 is 0 Å². The van der Waals surface area contributed by atoms with E-state index in [1.807, 2.05) is 74.6 Å². The number of imidazole rings is 1. The van der Waals surface area contributed by atoms with Gasteiger partial charge in [-0.2, -0.15) is 37.0 Å². The van der Waals surface area contributed by atoms with E-state index in [2.05, 4.69) is 80.4 Å². The third-order valence-corrected chi connectivity index (χ3v) is 6.20. The molecule has 0 unspecified atom stereocenters. The third kappa shape index (κ3) is 5.40. The summed E-state index contributed by atoms with van der Waals surface area (Å²) in [4.78, 5) is 12.2. The first-order chi connectivity index (χ1) is 18.1. The summed E-state index contributed by atoms with van der Waals surface area (Å²) in [5.41, 5.74) is 8.32. The van der Waals surface area contributed by atoms with E-state index in [9.17, 15) is 0 Å². The normalized spacial score (nSPS) is 11.6. The predicted molar refractivity (Wildman–Crippen MR) is 150 cm³/mol. The number of aryl methyl sites for hydroxylation is 2. The zero-order chi connectivity index (χ0) is 25.8. The molecule has 188 valence electrons. The Labute approximate surface area is 238 Å². The average molecular weight is 673 g/mol. The summed E-state index contributed by atoms with van der Waals surface area (Å²) in [6.07, 6.45) is 3.74. The molecular formula is C32H26IrN5. The van der Waals surface area contributed by atoms with Gasteiger partial charge >= 0.3 is 20.1 Å². The number of benzene rings is 4. The molecule has 1 aliphatic heterocycles. The standard InChI is InChI=1S/C18H14N3.C14H12N2.Ir/c1-13-11-16(19-3)12-14(2)17(13)21-10-9-20-18(21)15-7-5-4-6-8-15;1-15-11-16(12-7-3-2-4-8-12)14-10-6-5-9-13(14)15;/h4-7,9-12H,1-2H3;2-7,9-11H,1H3;/q-1;-2;+3. The molecule has 0 saturated carbocycles. The van der Waals surface area contributed by atoms with Crippen molar-refractivity contribution < 1.29 is 20.1 Å². The molecule has 6 rings (SSSR count). The number of aromatic nitrogens is 2. The Hall–Kier alpha value is -4.17. The van der Waals surface area contributed by atoms with E-state index in [0.29, 0.717) is 5.69 Å². The number of fused-ring (bicyclic) bond motifs is 1. The minimum absolute atomic E-state index is 0. The van der Waals surface area contributed by atoms with Crippen molar-refractivity contribution in [1.29, 1.82) is 0 Å². The van der Waals surface area contributed by atoms with Gasteiger partial charge in [-0.15, -0.1) is 41.6 Å². The molecule has 0 atom stereocenters. The molecule has 0 radical (unpaired) electrons. The van der Waals surface area contributed by atoms with Crippen LogP contribution >= 0.6 is 0 Å². The van der Waals surface area contributed by atoms with Crippen molar-refractivity contribution in [3.63, 3.8) is 0 Å². The van der Waals surface area contributed by atoms with Gasteiger partial charge in [-0.05, 0) is 44.2 Å². The molecule has 0 fully saturated rings. The van der Waals surface area contributed by atoms with Crippen molar-refractivity contribution in [2.75, 3.05) is 16.8 Å². The van der Waals surface area contributed by atoms with Crippen molar-refractivity contribution in [3.8, 4) is 17.1 Å². The van der Waals surface area contributed by atoms with Crippen molar-refractivity contribution >= 4 is 22.7 Å². The van der Waals surface area contributed by atoms with Crippen LogP contribution in [-0.2, 0) is 20.1 Å². The molecule has 4 aromatic carbocycles. The number of hydrogen-bond donors (Lipinski definition) is 0. The summed E-state index contributed by atoms with van der Waals surface area (Å²) < 4.78 is 2.06. The molecule has 5 aromatic rings. The van der Waals surface area contributed by atoms with Crippen LogP contribution in [0.3, 0.4) is 0 Å². The van der Waals surface area contributed by atoms with E-state index in [0.717, 1.165) is 33.9 Å². The maximum atomic E-state index is 7.16. The van der Waals surface area contributed by atoms with Crippen LogP contribution in [0.1, 0.15) is 11.1 Å². The summed E-state index contributed by atoms with van der Waals surface area (Å²) >= 11 is 0. The van der Waals surface area contributed by atoms with Gasteiger partial charge in [-0.3, -0.25) is 4.98 Å². The summed E-state index contributed by atoms with van der Waals surface area (Å²) in [5.74, 6) is 0.859. The number of rotatable bonds is 3. The van der Waals surface area contributed by atoms with Gasteiger partial charge in [0.1, 0.15) is 0 Å². The first-order valence-corrected chi connectivity index (χ1v) is 12.0. The van der Waals surface area contributed by atoms with Gasteiger partial charge in [-0.1, -0.05) is 24.3 Å². The summed E-state index contributed by atoms with van der Waals surface area (Å²) in [6, 6.07) is 34.4. The fourth-order valence-corrected chi connectivity index (χ4v) is 4.58. The van der Waals surface area contributed by atoms with E-state index in [1.165, 1.54) is 11.4 Å². The molecule has 0 amide bonds. The van der Waals surface area contributed by atoms with Crippen molar-refractivity contribution in [2.24, 2.45) is 0 Å². The zero-order valence-electron chi connectivity index (χ0n) is 21.4. The molecule has 1 aromatic heterocycles. The van der Waals surface area contributed by atoms with Crippen LogP contribution in [0.2, 0.25) is 0 Å². The van der Waals surface area contributed by atoms with Crippen LogP contribution in [0.25, 0.3) is 21.9 Å². The average Bonchev–Trinajstić information content (AvgIpc) is 3.55. The molecule has 1 aliphatic rings. The summed E-state index contributed by atoms with van der Waals surface area (Å²) in [7, 11) is 2.06. The van der Waals surface area contributed by atoms with Crippen LogP contribution in [0.4, 0.5) is 22.7 Å². The Morgan fingerprint density at radius 3 is 2.16 bits per heavy atom. The molecule has 6 heteroatoms. The number of para-hydroxylation sites is 3. The van der Waals surface area contributed by atoms with Gasteiger partial charge in [-0.25, -0.2) is 4.85 Å². The molecule has 2 heterocycles. The summed E-state index contributed by atoms with van der Waals surface area (Å²) in [6.45, 7) is 13.3. The van der Waals surface area contributed by atoms with Gasteiger partial charge in [0.05, 0.1) is 12.4 Å². The number of hydrogen-bond acceptors (Lipinski definition) is 3. The molecule has 38 heavy (non-hydrogen) atoms. The molecule has 0 aliphatic carbocycles. The predicted octanol–water partition coefficient (Wildman–Crippen LogP) is 7.70. The first-order valence-electron chi connectivity index (χ1n) is 12.0. The van der Waals surface area contributed by atoms with Gasteiger partial charge in [0.25, 0.3) is 0 Å². The molecular weight excluding hydrogens is 647 g/mol. The third-order valence-electron chi connectivity index (χ3n) is 6.20. The SMILES string of the molecule is CN1[CH-]N(c2[c-]cccc2)c2ccccc21.[C-]#[N+]c1cc(C)c(-n2ccnc2-c2[c-]cccc2)c(C)c1.[Ir+3]. The molecule has 0 N–H and O–H groups in total. The van der Waals surface area contributed by atoms with E-state index in [-0.39, 0.29) is 20.1 Å². The maximum absolute atomic E-state index is 7.16. The minimum Gasteiger partial charge on any atom is -0.504 e. The van der Waals surface area contributed by atoms with Gasteiger partial charge in [0, 0.05) is 29.5 Å². The zero-order valence-corrected chi connectivity index (χ0v) is 23.8. The Morgan fingerprint density at radius 1 is 0.868 bits per heavy atom. The fourth-order valence-electron chi connectivity index (χ4n) is 4.58. The van der Waals surface area contributed by atoms with Crippen molar-refractivity contribution in [3.05, 3.63) is 139 Å². The van der Waals surface area contributed by atoms with Crippen LogP contribution in [0.15, 0.2) is 97.3 Å². The van der Waals surface area contributed by atoms with Crippen LogP contribution in [0.5, 0.6) is 0 Å². The monoisotopic (exact) mass is 673 g/mol. The second-order valence-corrected chi connectivity index (χ2v) is 8.77. The molecule has 0 bridgehead atoms. The number of nitrogens with zero attached hydrogens (tertiary/aromatic N) is 5. The number of anilines is 3. The first kappa shape index (κ1) is 26.9. The Bertz CT molecular complexity index is 1530. The quantitative estimate of drug-likeness (QED) is 0.184. The Balaban J connectivity index is 0.000000178. The molecule has 0 saturated heterocycles. The summed E-state index contributed by atoms with van der Waals surface area (Å²) in [5, 5.41) is 0. The topological polar surface area (TPSA) is 28.7 Å². The van der Waals surface area contributed by atoms with E-state index in [1.54, 1.807) is 6.20 Å². The second kappa shape index (κ2) is 11.9. The molecule has 5 nitrogen and oxygen atoms in total. The minimum atomic E-state index is 0. The van der Waals surface area contributed by atoms with Crippen molar-refractivity contribution in [2.45, 2.75) is 13.8 Å². The van der Waals surface area contributed by atoms with Gasteiger partial charge in [0.2, 0.25) is 0 Å². The Morgan fingerprint density at radius 2 is 1.53 bits per heavy atom. The van der Waals surface area contributed by atoms with E-state index >= 15 is 0 Å². The molecule has 0 spiro atoms. The van der Waals surface area contributed by atoms with Crippen LogP contribution in [0, 0.1) is 39.2 Å². The van der Waals surface area contributed by atoms with Crippen LogP contribution < -0.4 is 9.80 Å². The van der Waals surface area contributed by atoms with Crippen molar-refractivity contribution in [1.82, 2.24) is 9.55 Å². The maximum Gasteiger partial charge on any atom is 3.00 e. The van der Waals surface area contributed by atoms with E-state index in [4.69, 9.17) is 6.57 Å². The smallest absolute Gasteiger partial charge is 0.504 e. The van der Waals surface area contributed by atoms with Gasteiger partial charge in [0.15, 0.2) is 5.69 Å². The van der Waals surface area contributed by atoms with Gasteiger partial charge < -0.3 is 14.4 Å². The largest absolute Gasteiger partial charge is 3.00 e. The Kier molecular flexibility index (Phi) is 8.43.